The zero-order chi connectivity index (χ0) is 13.9. The molecule has 0 radical (unpaired) electrons. The lowest BCUT2D eigenvalue weighted by Gasteiger charge is -2.49. The minimum absolute atomic E-state index is 0.325. The van der Waals surface area contributed by atoms with Crippen LogP contribution in [0.2, 0.25) is 0 Å². The van der Waals surface area contributed by atoms with E-state index in [4.69, 9.17) is 0 Å². The number of hydrogen-bond acceptors (Lipinski definition) is 3. The van der Waals surface area contributed by atoms with Gasteiger partial charge in [-0.2, -0.15) is 0 Å². The minimum Gasteiger partial charge on any atom is -0.387 e. The maximum absolute atomic E-state index is 10.3. The third-order valence-electron chi connectivity index (χ3n) is 4.47. The number of likely N-dealkylation sites (N-methyl/N-ethyl adjacent to an activating group) is 2. The highest BCUT2D eigenvalue weighted by molar-refractivity contribution is 5.17. The molecular weight excluding hydrogens is 236 g/mol. The summed E-state index contributed by atoms with van der Waals surface area (Å²) in [4.78, 5) is 4.61. The van der Waals surface area contributed by atoms with Crippen LogP contribution in [0.1, 0.15) is 30.9 Å². The van der Waals surface area contributed by atoms with E-state index >= 15 is 0 Å². The van der Waals surface area contributed by atoms with Crippen LogP contribution in [0.4, 0.5) is 0 Å². The van der Waals surface area contributed by atoms with E-state index in [1.165, 1.54) is 19.3 Å². The zero-order valence-corrected chi connectivity index (χ0v) is 12.3. The number of rotatable bonds is 6. The molecule has 1 aromatic carbocycles. The molecule has 0 aromatic heterocycles. The van der Waals surface area contributed by atoms with Gasteiger partial charge < -0.3 is 14.9 Å². The molecule has 0 heterocycles. The summed E-state index contributed by atoms with van der Waals surface area (Å²) in [7, 11) is 6.44. The second-order valence-corrected chi connectivity index (χ2v) is 6.10. The van der Waals surface area contributed by atoms with Crippen LogP contribution in [-0.2, 0) is 0 Å². The second-order valence-electron chi connectivity index (χ2n) is 6.10. The largest absolute Gasteiger partial charge is 0.387 e. The molecule has 1 N–H and O–H groups in total. The Bertz CT molecular complexity index is 387. The predicted octanol–water partition coefficient (Wildman–Crippen LogP) is 2.14. The van der Waals surface area contributed by atoms with Crippen molar-refractivity contribution in [3.8, 4) is 0 Å². The third-order valence-corrected chi connectivity index (χ3v) is 4.47. The first-order valence-corrected chi connectivity index (χ1v) is 7.12. The fourth-order valence-electron chi connectivity index (χ4n) is 2.97. The van der Waals surface area contributed by atoms with E-state index in [1.54, 1.807) is 0 Å². The first-order valence-electron chi connectivity index (χ1n) is 7.12. The zero-order valence-electron chi connectivity index (χ0n) is 12.3. The van der Waals surface area contributed by atoms with Gasteiger partial charge in [-0.3, -0.25) is 0 Å². The number of hydrogen-bond donors (Lipinski definition) is 1. The van der Waals surface area contributed by atoms with Gasteiger partial charge in [0.15, 0.2) is 0 Å². The van der Waals surface area contributed by atoms with E-state index in [-0.39, 0.29) is 0 Å². The Balaban J connectivity index is 1.89. The summed E-state index contributed by atoms with van der Waals surface area (Å²) in [6.45, 7) is 1.73. The van der Waals surface area contributed by atoms with Crippen LogP contribution in [0.5, 0.6) is 0 Å². The summed E-state index contributed by atoms with van der Waals surface area (Å²) in [5.74, 6) is 0. The molecule has 1 saturated carbocycles. The smallest absolute Gasteiger partial charge is 0.0916 e. The molecule has 0 aliphatic heterocycles. The van der Waals surface area contributed by atoms with Crippen molar-refractivity contribution in [3.63, 3.8) is 0 Å². The van der Waals surface area contributed by atoms with E-state index in [1.807, 2.05) is 30.3 Å². The number of aliphatic hydroxyl groups is 1. The van der Waals surface area contributed by atoms with Crippen LogP contribution in [-0.4, -0.2) is 54.7 Å². The maximum Gasteiger partial charge on any atom is 0.0916 e. The molecule has 1 aliphatic rings. The lowest BCUT2D eigenvalue weighted by Crippen LogP contribution is -2.57. The maximum atomic E-state index is 10.3. The molecular formula is C16H26N2O. The van der Waals surface area contributed by atoms with E-state index in [2.05, 4.69) is 30.9 Å². The fraction of sp³-hybridized carbons (Fsp3) is 0.625. The van der Waals surface area contributed by atoms with Crippen molar-refractivity contribution in [2.24, 2.45) is 0 Å². The molecule has 0 saturated heterocycles. The first-order chi connectivity index (χ1) is 9.03. The number of aliphatic hydroxyl groups excluding tert-OH is 1. The quantitative estimate of drug-likeness (QED) is 0.851. The Morgan fingerprint density at radius 1 is 1.16 bits per heavy atom. The van der Waals surface area contributed by atoms with Gasteiger partial charge in [0, 0.05) is 18.6 Å². The molecule has 19 heavy (non-hydrogen) atoms. The monoisotopic (exact) mass is 262 g/mol. The minimum atomic E-state index is -0.398. The molecule has 0 spiro atoms. The Morgan fingerprint density at radius 3 is 2.26 bits per heavy atom. The number of nitrogens with zero attached hydrogens (tertiary/aromatic N) is 2. The number of benzene rings is 1. The summed E-state index contributed by atoms with van der Waals surface area (Å²) in [5.41, 5.74) is 1.33. The van der Waals surface area contributed by atoms with Crippen LogP contribution < -0.4 is 0 Å². The molecule has 3 nitrogen and oxygen atoms in total. The van der Waals surface area contributed by atoms with Gasteiger partial charge in [0.2, 0.25) is 0 Å². The van der Waals surface area contributed by atoms with Crippen LogP contribution in [0, 0.1) is 0 Å². The average Bonchev–Trinajstić information content (AvgIpc) is 2.34. The van der Waals surface area contributed by atoms with Crippen molar-refractivity contribution in [3.05, 3.63) is 35.9 Å². The molecule has 0 amide bonds. The first kappa shape index (κ1) is 14.5. The Kier molecular flexibility index (Phi) is 4.61. The highest BCUT2D eigenvalue weighted by Gasteiger charge is 2.39. The van der Waals surface area contributed by atoms with Gasteiger partial charge in [0.1, 0.15) is 0 Å². The van der Waals surface area contributed by atoms with Gasteiger partial charge in [-0.25, -0.2) is 0 Å². The molecule has 3 heteroatoms. The van der Waals surface area contributed by atoms with Gasteiger partial charge in [-0.1, -0.05) is 30.3 Å². The SMILES string of the molecule is CN(CC(O)c1ccccc1)CC1(N(C)C)CCC1. The van der Waals surface area contributed by atoms with Gasteiger partial charge >= 0.3 is 0 Å². The molecule has 2 rings (SSSR count). The average molecular weight is 262 g/mol. The topological polar surface area (TPSA) is 26.7 Å². The standard InChI is InChI=1S/C16H26N2O/c1-17(2)16(10-7-11-16)13-18(3)12-15(19)14-8-5-4-6-9-14/h4-6,8-9,15,19H,7,10-13H2,1-3H3. The van der Waals surface area contributed by atoms with Crippen LogP contribution in [0.25, 0.3) is 0 Å². The van der Waals surface area contributed by atoms with Crippen LogP contribution >= 0.6 is 0 Å². The van der Waals surface area contributed by atoms with Crippen molar-refractivity contribution >= 4 is 0 Å². The van der Waals surface area contributed by atoms with Crippen LogP contribution in [0.15, 0.2) is 30.3 Å². The van der Waals surface area contributed by atoms with Gasteiger partial charge in [-0.05, 0) is 46.0 Å². The molecule has 1 fully saturated rings. The lowest BCUT2D eigenvalue weighted by atomic mass is 9.75. The van der Waals surface area contributed by atoms with Gasteiger partial charge in [0.05, 0.1) is 6.10 Å². The lowest BCUT2D eigenvalue weighted by molar-refractivity contribution is 0.0147. The van der Waals surface area contributed by atoms with E-state index in [0.717, 1.165) is 12.1 Å². The van der Waals surface area contributed by atoms with Gasteiger partial charge in [-0.15, -0.1) is 0 Å². The Morgan fingerprint density at radius 2 is 1.79 bits per heavy atom. The van der Waals surface area contributed by atoms with E-state index < -0.39 is 6.10 Å². The highest BCUT2D eigenvalue weighted by atomic mass is 16.3. The molecule has 1 aromatic rings. The van der Waals surface area contributed by atoms with Crippen molar-refractivity contribution in [1.82, 2.24) is 9.80 Å². The van der Waals surface area contributed by atoms with Crippen molar-refractivity contribution < 1.29 is 5.11 Å². The summed E-state index contributed by atoms with van der Waals surface area (Å²) >= 11 is 0. The second kappa shape index (κ2) is 6.04. The summed E-state index contributed by atoms with van der Waals surface area (Å²) in [6.07, 6.45) is 3.47. The Hall–Kier alpha value is -0.900. The van der Waals surface area contributed by atoms with Crippen molar-refractivity contribution in [1.29, 1.82) is 0 Å². The summed E-state index contributed by atoms with van der Waals surface area (Å²) in [6, 6.07) is 9.92. The molecule has 1 unspecified atom stereocenters. The molecule has 106 valence electrons. The van der Waals surface area contributed by atoms with Crippen molar-refractivity contribution in [2.75, 3.05) is 34.2 Å². The predicted molar refractivity (Wildman–Crippen MR) is 79.2 cm³/mol. The third kappa shape index (κ3) is 3.35. The van der Waals surface area contributed by atoms with Crippen LogP contribution in [0.3, 0.4) is 0 Å². The van der Waals surface area contributed by atoms with E-state index in [9.17, 15) is 5.11 Å². The van der Waals surface area contributed by atoms with Crippen molar-refractivity contribution in [2.45, 2.75) is 30.9 Å². The normalized spacial score (nSPS) is 19.5. The fourth-order valence-corrected chi connectivity index (χ4v) is 2.97. The Labute approximate surface area is 116 Å². The molecule has 1 atom stereocenters. The molecule has 0 bridgehead atoms. The van der Waals surface area contributed by atoms with E-state index in [0.29, 0.717) is 12.1 Å². The summed E-state index contributed by atoms with van der Waals surface area (Å²) < 4.78 is 0. The molecule has 1 aliphatic carbocycles. The summed E-state index contributed by atoms with van der Waals surface area (Å²) in [5, 5.41) is 10.3. The van der Waals surface area contributed by atoms with Gasteiger partial charge in [0.25, 0.3) is 0 Å². The highest BCUT2D eigenvalue weighted by Crippen LogP contribution is 2.36.